The van der Waals surface area contributed by atoms with Gasteiger partial charge in [0.25, 0.3) is 11.8 Å². The van der Waals surface area contributed by atoms with Crippen LogP contribution in [0.15, 0.2) is 106 Å². The molecule has 1 N–H and O–H groups in total. The normalized spacial score (nSPS) is 10.5. The molecule has 0 aliphatic rings. The molecule has 0 aromatic heterocycles. The number of carbonyl (C=O) groups is 2. The molecule has 7 heteroatoms. The van der Waals surface area contributed by atoms with Gasteiger partial charge in [0.15, 0.2) is 0 Å². The van der Waals surface area contributed by atoms with Gasteiger partial charge in [-0.25, -0.2) is 0 Å². The van der Waals surface area contributed by atoms with Gasteiger partial charge in [-0.15, -0.1) is 0 Å². The topological polar surface area (TPSA) is 58.6 Å². The maximum Gasteiger partial charge on any atom is 0.262 e. The summed E-state index contributed by atoms with van der Waals surface area (Å²) in [6, 6.07) is 29.2. The van der Waals surface area contributed by atoms with Gasteiger partial charge in [-0.2, -0.15) is 0 Å². The lowest BCUT2D eigenvalue weighted by Crippen LogP contribution is -2.32. The molecule has 0 saturated heterocycles. The van der Waals surface area contributed by atoms with Crippen LogP contribution in [0.2, 0.25) is 0 Å². The molecule has 0 fully saturated rings. The van der Waals surface area contributed by atoms with Gasteiger partial charge in [0.05, 0.1) is 30.5 Å². The number of nitrogens with one attached hydrogen (secondary N) is 1. The molecule has 0 unspecified atom stereocenters. The van der Waals surface area contributed by atoms with Gasteiger partial charge in [-0.3, -0.25) is 9.59 Å². The molecule has 4 aromatic rings. The second-order valence-corrected chi connectivity index (χ2v) is 9.53. The van der Waals surface area contributed by atoms with Gasteiger partial charge in [0, 0.05) is 14.6 Å². The lowest BCUT2D eigenvalue weighted by molar-refractivity contribution is 0.0982. The highest BCUT2D eigenvalue weighted by Gasteiger charge is 2.25. The molecule has 0 heterocycles. The Morgan fingerprint density at radius 3 is 2.00 bits per heavy atom. The number of ether oxygens (including phenoxy) is 1. The summed E-state index contributed by atoms with van der Waals surface area (Å²) in [4.78, 5) is 28.8. The van der Waals surface area contributed by atoms with E-state index in [1.807, 2.05) is 60.7 Å². The molecular formula is C28H22Br2N2O3. The quantitative estimate of drug-likeness (QED) is 0.244. The monoisotopic (exact) mass is 592 g/mol. The van der Waals surface area contributed by atoms with E-state index < -0.39 is 0 Å². The third-order valence-corrected chi connectivity index (χ3v) is 6.44. The number of benzene rings is 4. The van der Waals surface area contributed by atoms with Crippen molar-refractivity contribution in [3.63, 3.8) is 0 Å². The Labute approximate surface area is 221 Å². The van der Waals surface area contributed by atoms with E-state index in [9.17, 15) is 9.59 Å². The summed E-state index contributed by atoms with van der Waals surface area (Å²) in [7, 11) is 1.53. The van der Waals surface area contributed by atoms with E-state index in [2.05, 4.69) is 37.2 Å². The van der Waals surface area contributed by atoms with Crippen molar-refractivity contribution in [2.24, 2.45) is 0 Å². The number of methoxy groups -OCH3 is 1. The molecule has 0 radical (unpaired) electrons. The van der Waals surface area contributed by atoms with Crippen LogP contribution in [0.5, 0.6) is 5.75 Å². The Kier molecular flexibility index (Phi) is 8.00. The van der Waals surface area contributed by atoms with E-state index in [1.165, 1.54) is 7.11 Å². The highest BCUT2D eigenvalue weighted by atomic mass is 79.9. The van der Waals surface area contributed by atoms with Crippen LogP contribution in [0, 0.1) is 0 Å². The van der Waals surface area contributed by atoms with Crippen molar-refractivity contribution in [2.45, 2.75) is 6.54 Å². The fraction of sp³-hybridized carbons (Fsp3) is 0.0714. The summed E-state index contributed by atoms with van der Waals surface area (Å²) < 4.78 is 7.31. The van der Waals surface area contributed by atoms with Gasteiger partial charge in [0.1, 0.15) is 5.75 Å². The van der Waals surface area contributed by atoms with E-state index in [-0.39, 0.29) is 18.4 Å². The molecule has 0 spiro atoms. The minimum Gasteiger partial charge on any atom is -0.496 e. The number of rotatable bonds is 7. The zero-order valence-electron chi connectivity index (χ0n) is 18.9. The Morgan fingerprint density at radius 2 is 1.34 bits per heavy atom. The van der Waals surface area contributed by atoms with Crippen molar-refractivity contribution in [3.05, 3.63) is 123 Å². The summed E-state index contributed by atoms with van der Waals surface area (Å²) in [6.45, 7) is 0.271. The molecular weight excluding hydrogens is 572 g/mol. The third kappa shape index (κ3) is 5.99. The van der Waals surface area contributed by atoms with Crippen LogP contribution in [0.4, 0.5) is 11.4 Å². The average Bonchev–Trinajstić information content (AvgIpc) is 2.89. The maximum absolute atomic E-state index is 13.9. The summed E-state index contributed by atoms with van der Waals surface area (Å²) in [6.07, 6.45) is 0. The Hall–Kier alpha value is -3.42. The molecule has 0 bridgehead atoms. The average molecular weight is 594 g/mol. The van der Waals surface area contributed by atoms with Crippen LogP contribution in [-0.4, -0.2) is 18.9 Å². The fourth-order valence-electron chi connectivity index (χ4n) is 3.64. The third-order valence-electron chi connectivity index (χ3n) is 5.38. The summed E-state index contributed by atoms with van der Waals surface area (Å²) in [5.41, 5.74) is 2.87. The zero-order chi connectivity index (χ0) is 24.8. The molecule has 5 nitrogen and oxygen atoms in total. The number of anilines is 2. The number of carbonyl (C=O) groups excluding carboxylic acids is 2. The predicted molar refractivity (Wildman–Crippen MR) is 146 cm³/mol. The SMILES string of the molecule is COc1ccccc1C(=O)N(Cc1ccc(Br)cc1)c1ccccc1C(=O)Nc1ccc(Br)cc1. The van der Waals surface area contributed by atoms with E-state index in [4.69, 9.17) is 4.74 Å². The highest BCUT2D eigenvalue weighted by Crippen LogP contribution is 2.29. The molecule has 4 rings (SSSR count). The molecule has 176 valence electrons. The van der Waals surface area contributed by atoms with Crippen molar-refractivity contribution in [1.29, 1.82) is 0 Å². The second kappa shape index (κ2) is 11.3. The summed E-state index contributed by atoms with van der Waals surface area (Å²) >= 11 is 6.86. The van der Waals surface area contributed by atoms with Crippen LogP contribution in [0.3, 0.4) is 0 Å². The van der Waals surface area contributed by atoms with E-state index in [0.29, 0.717) is 28.3 Å². The molecule has 0 aliphatic heterocycles. The van der Waals surface area contributed by atoms with Crippen LogP contribution in [-0.2, 0) is 6.54 Å². The number of amides is 2. The van der Waals surface area contributed by atoms with Crippen LogP contribution >= 0.6 is 31.9 Å². The van der Waals surface area contributed by atoms with E-state index in [1.54, 1.807) is 41.3 Å². The summed E-state index contributed by atoms with van der Waals surface area (Å²) in [5.74, 6) is -0.110. The van der Waals surface area contributed by atoms with Crippen LogP contribution in [0.1, 0.15) is 26.3 Å². The van der Waals surface area contributed by atoms with Crippen LogP contribution in [0.25, 0.3) is 0 Å². The van der Waals surface area contributed by atoms with Gasteiger partial charge >= 0.3 is 0 Å². The van der Waals surface area contributed by atoms with Crippen molar-refractivity contribution >= 4 is 55.0 Å². The van der Waals surface area contributed by atoms with E-state index >= 15 is 0 Å². The van der Waals surface area contributed by atoms with Crippen molar-refractivity contribution < 1.29 is 14.3 Å². The van der Waals surface area contributed by atoms with Crippen LogP contribution < -0.4 is 15.0 Å². The number of hydrogen-bond donors (Lipinski definition) is 1. The molecule has 4 aromatic carbocycles. The molecule has 0 aliphatic carbocycles. The standard InChI is InChI=1S/C28H22Br2N2O3/c1-35-26-9-5-3-7-24(26)28(34)32(18-19-10-12-20(29)13-11-19)25-8-4-2-6-23(25)27(33)31-22-16-14-21(30)15-17-22/h2-17H,18H2,1H3,(H,31,33). The van der Waals surface area contributed by atoms with Gasteiger partial charge in [0.2, 0.25) is 0 Å². The second-order valence-electron chi connectivity index (χ2n) is 7.70. The first-order chi connectivity index (χ1) is 17.0. The lowest BCUT2D eigenvalue weighted by atomic mass is 10.1. The van der Waals surface area contributed by atoms with Gasteiger partial charge in [-0.1, -0.05) is 68.3 Å². The largest absolute Gasteiger partial charge is 0.496 e. The van der Waals surface area contributed by atoms with Gasteiger partial charge < -0.3 is 15.0 Å². The first-order valence-electron chi connectivity index (χ1n) is 10.8. The Balaban J connectivity index is 1.75. The highest BCUT2D eigenvalue weighted by molar-refractivity contribution is 9.10. The van der Waals surface area contributed by atoms with Crippen molar-refractivity contribution in [2.75, 3.05) is 17.3 Å². The van der Waals surface area contributed by atoms with Gasteiger partial charge in [-0.05, 0) is 66.2 Å². The molecule has 35 heavy (non-hydrogen) atoms. The molecule has 0 saturated carbocycles. The lowest BCUT2D eigenvalue weighted by Gasteiger charge is -2.26. The smallest absolute Gasteiger partial charge is 0.262 e. The number of hydrogen-bond acceptors (Lipinski definition) is 3. The maximum atomic E-state index is 13.9. The zero-order valence-corrected chi connectivity index (χ0v) is 22.0. The van der Waals surface area contributed by atoms with E-state index in [0.717, 1.165) is 14.5 Å². The van der Waals surface area contributed by atoms with Crippen molar-refractivity contribution in [1.82, 2.24) is 0 Å². The molecule has 0 atom stereocenters. The number of halogens is 2. The number of para-hydroxylation sites is 2. The van der Waals surface area contributed by atoms with Crippen molar-refractivity contribution in [3.8, 4) is 5.75 Å². The minimum atomic E-state index is -0.309. The minimum absolute atomic E-state index is 0.269. The first kappa shape index (κ1) is 24.7. The molecule has 2 amide bonds. The number of nitrogens with zero attached hydrogens (tertiary/aromatic N) is 1. The Morgan fingerprint density at radius 1 is 0.771 bits per heavy atom. The summed E-state index contributed by atoms with van der Waals surface area (Å²) in [5, 5.41) is 2.92. The first-order valence-corrected chi connectivity index (χ1v) is 12.4. The fourth-order valence-corrected chi connectivity index (χ4v) is 4.17. The Bertz CT molecular complexity index is 1340. The predicted octanol–water partition coefficient (Wildman–Crippen LogP) is 7.32.